The number of hydrogen-bond acceptors (Lipinski definition) is 3. The third-order valence-corrected chi connectivity index (χ3v) is 3.78. The van der Waals surface area contributed by atoms with Crippen LogP contribution in [-0.4, -0.2) is 36.3 Å². The van der Waals surface area contributed by atoms with Gasteiger partial charge in [0.1, 0.15) is 0 Å². The molecule has 0 bridgehead atoms. The molecule has 1 saturated heterocycles. The fraction of sp³-hybridized carbons (Fsp3) is 0.353. The molecule has 22 heavy (non-hydrogen) atoms. The average Bonchev–Trinajstić information content (AvgIpc) is 3.10. The van der Waals surface area contributed by atoms with E-state index in [1.165, 1.54) is 0 Å². The zero-order chi connectivity index (χ0) is 15.2. The number of aromatic amines is 1. The van der Waals surface area contributed by atoms with Crippen molar-refractivity contribution in [3.8, 4) is 0 Å². The molecule has 1 amide bonds. The van der Waals surface area contributed by atoms with Gasteiger partial charge in [0.25, 0.3) is 5.91 Å². The van der Waals surface area contributed by atoms with E-state index >= 15 is 0 Å². The third-order valence-electron chi connectivity index (χ3n) is 3.78. The Hall–Kier alpha value is -2.11. The highest BCUT2D eigenvalue weighted by Gasteiger charge is 2.28. The van der Waals surface area contributed by atoms with Crippen LogP contribution in [0.1, 0.15) is 22.3 Å². The summed E-state index contributed by atoms with van der Waals surface area (Å²) in [6.45, 7) is 1.69. The number of rotatable bonds is 5. The summed E-state index contributed by atoms with van der Waals surface area (Å²) < 4.78 is 11.5. The van der Waals surface area contributed by atoms with Gasteiger partial charge in [-0.3, -0.25) is 4.79 Å². The molecule has 5 heteroatoms. The fourth-order valence-electron chi connectivity index (χ4n) is 2.55. The Balaban J connectivity index is 1.57. The molecule has 1 aromatic heterocycles. The van der Waals surface area contributed by atoms with E-state index in [2.05, 4.69) is 10.3 Å². The molecular formula is C17H20N2O3. The van der Waals surface area contributed by atoms with Crippen LogP contribution in [-0.2, 0) is 16.1 Å². The van der Waals surface area contributed by atoms with Crippen LogP contribution in [0.15, 0.2) is 48.8 Å². The predicted octanol–water partition coefficient (Wildman–Crippen LogP) is 2.12. The largest absolute Gasteiger partial charge is 0.379 e. The van der Waals surface area contributed by atoms with Crippen molar-refractivity contribution in [2.24, 2.45) is 0 Å². The van der Waals surface area contributed by atoms with Gasteiger partial charge < -0.3 is 19.8 Å². The number of hydrogen-bond donors (Lipinski definition) is 2. The van der Waals surface area contributed by atoms with E-state index in [1.807, 2.05) is 30.3 Å². The number of aromatic nitrogens is 1. The molecule has 0 spiro atoms. The number of carbonyl (C=O) groups is 1. The fourth-order valence-corrected chi connectivity index (χ4v) is 2.55. The lowest BCUT2D eigenvalue weighted by molar-refractivity contribution is -0.0605. The van der Waals surface area contributed by atoms with Crippen LogP contribution in [0.2, 0.25) is 0 Å². The first-order valence-electron chi connectivity index (χ1n) is 7.50. The van der Waals surface area contributed by atoms with E-state index in [0.29, 0.717) is 25.4 Å². The van der Waals surface area contributed by atoms with Gasteiger partial charge in [0.15, 0.2) is 0 Å². The number of amides is 1. The minimum absolute atomic E-state index is 0.0307. The Morgan fingerprint density at radius 3 is 2.95 bits per heavy atom. The lowest BCUT2D eigenvalue weighted by atomic mass is 10.1. The minimum Gasteiger partial charge on any atom is -0.379 e. The molecule has 0 radical (unpaired) electrons. The first-order chi connectivity index (χ1) is 10.8. The van der Waals surface area contributed by atoms with Crippen molar-refractivity contribution in [2.45, 2.75) is 25.2 Å². The molecule has 1 aliphatic rings. The van der Waals surface area contributed by atoms with Crippen molar-refractivity contribution in [3.63, 3.8) is 0 Å². The summed E-state index contributed by atoms with van der Waals surface area (Å²) in [6.07, 6.45) is 4.16. The summed E-state index contributed by atoms with van der Waals surface area (Å²) in [5.74, 6) is -0.106. The van der Waals surface area contributed by atoms with Crippen molar-refractivity contribution in [2.75, 3.05) is 13.2 Å². The molecule has 2 heterocycles. The number of benzene rings is 1. The van der Waals surface area contributed by atoms with Gasteiger partial charge in [-0.2, -0.15) is 0 Å². The first-order valence-corrected chi connectivity index (χ1v) is 7.50. The summed E-state index contributed by atoms with van der Waals surface area (Å²) in [4.78, 5) is 15.0. The van der Waals surface area contributed by atoms with Gasteiger partial charge in [-0.15, -0.1) is 0 Å². The van der Waals surface area contributed by atoms with Crippen LogP contribution in [0.3, 0.4) is 0 Å². The van der Waals surface area contributed by atoms with Gasteiger partial charge in [0.05, 0.1) is 30.9 Å². The van der Waals surface area contributed by atoms with E-state index in [-0.39, 0.29) is 18.1 Å². The maximum Gasteiger partial charge on any atom is 0.253 e. The van der Waals surface area contributed by atoms with Crippen molar-refractivity contribution in [1.82, 2.24) is 10.3 Å². The standard InChI is InChI=1S/C17H20N2O3/c20-17(14-6-8-18-10-14)19-15-12-21-9-7-16(15)22-11-13-4-2-1-3-5-13/h1-6,8,10,15-16,18H,7,9,11-12H2,(H,19,20)/t15-,16+/m1/s1. The van der Waals surface area contributed by atoms with Gasteiger partial charge in [-0.05, 0) is 18.1 Å². The molecule has 1 aromatic carbocycles. The second-order valence-electron chi connectivity index (χ2n) is 5.38. The Kier molecular flexibility index (Phi) is 4.88. The van der Waals surface area contributed by atoms with Crippen molar-refractivity contribution in [1.29, 1.82) is 0 Å². The number of ether oxygens (including phenoxy) is 2. The zero-order valence-electron chi connectivity index (χ0n) is 12.3. The SMILES string of the molecule is O=C(N[C@@H]1COCC[C@@H]1OCc1ccccc1)c1cc[nH]c1. The van der Waals surface area contributed by atoms with Gasteiger partial charge in [-0.25, -0.2) is 0 Å². The molecule has 116 valence electrons. The average molecular weight is 300 g/mol. The van der Waals surface area contributed by atoms with E-state index in [0.717, 1.165) is 12.0 Å². The van der Waals surface area contributed by atoms with Crippen LogP contribution in [0, 0.1) is 0 Å². The van der Waals surface area contributed by atoms with Crippen molar-refractivity contribution >= 4 is 5.91 Å². The van der Waals surface area contributed by atoms with Gasteiger partial charge in [0, 0.05) is 19.0 Å². The van der Waals surface area contributed by atoms with Gasteiger partial charge in [-0.1, -0.05) is 30.3 Å². The highest BCUT2D eigenvalue weighted by atomic mass is 16.5. The lowest BCUT2D eigenvalue weighted by Gasteiger charge is -2.32. The van der Waals surface area contributed by atoms with Gasteiger partial charge in [0.2, 0.25) is 0 Å². The maximum atomic E-state index is 12.2. The molecule has 5 nitrogen and oxygen atoms in total. The molecule has 0 aliphatic carbocycles. The topological polar surface area (TPSA) is 63.4 Å². The van der Waals surface area contributed by atoms with Gasteiger partial charge >= 0.3 is 0 Å². The maximum absolute atomic E-state index is 12.2. The van der Waals surface area contributed by atoms with Crippen LogP contribution in [0.4, 0.5) is 0 Å². The predicted molar refractivity (Wildman–Crippen MR) is 82.5 cm³/mol. The Labute approximate surface area is 129 Å². The molecule has 0 saturated carbocycles. The van der Waals surface area contributed by atoms with E-state index in [9.17, 15) is 4.79 Å². The monoisotopic (exact) mass is 300 g/mol. The summed E-state index contributed by atoms with van der Waals surface area (Å²) in [6, 6.07) is 11.7. The molecular weight excluding hydrogens is 280 g/mol. The smallest absolute Gasteiger partial charge is 0.253 e. The Morgan fingerprint density at radius 2 is 2.18 bits per heavy atom. The highest BCUT2D eigenvalue weighted by molar-refractivity contribution is 5.94. The Bertz CT molecular complexity index is 583. The number of H-pyrrole nitrogens is 1. The Morgan fingerprint density at radius 1 is 1.32 bits per heavy atom. The summed E-state index contributed by atoms with van der Waals surface area (Å²) in [7, 11) is 0. The zero-order valence-corrected chi connectivity index (χ0v) is 12.3. The third kappa shape index (κ3) is 3.75. The molecule has 0 unspecified atom stereocenters. The van der Waals surface area contributed by atoms with Crippen LogP contribution in [0.25, 0.3) is 0 Å². The molecule has 1 fully saturated rings. The summed E-state index contributed by atoms with van der Waals surface area (Å²) >= 11 is 0. The van der Waals surface area contributed by atoms with Crippen LogP contribution in [0.5, 0.6) is 0 Å². The van der Waals surface area contributed by atoms with Crippen LogP contribution >= 0.6 is 0 Å². The second kappa shape index (κ2) is 7.24. The molecule has 1 aliphatic heterocycles. The van der Waals surface area contributed by atoms with E-state index < -0.39 is 0 Å². The van der Waals surface area contributed by atoms with E-state index in [4.69, 9.17) is 9.47 Å². The molecule has 2 aromatic rings. The molecule has 2 atom stereocenters. The normalized spacial score (nSPS) is 21.5. The highest BCUT2D eigenvalue weighted by Crippen LogP contribution is 2.15. The summed E-state index contributed by atoms with van der Waals surface area (Å²) in [5.41, 5.74) is 1.75. The van der Waals surface area contributed by atoms with Crippen molar-refractivity contribution < 1.29 is 14.3 Å². The number of nitrogens with one attached hydrogen (secondary N) is 2. The molecule has 3 rings (SSSR count). The minimum atomic E-state index is -0.125. The van der Waals surface area contributed by atoms with Crippen LogP contribution < -0.4 is 5.32 Å². The lowest BCUT2D eigenvalue weighted by Crippen LogP contribution is -2.50. The molecule has 2 N–H and O–H groups in total. The van der Waals surface area contributed by atoms with Crippen molar-refractivity contribution in [3.05, 3.63) is 59.9 Å². The summed E-state index contributed by atoms with van der Waals surface area (Å²) in [5, 5.41) is 3.00. The van der Waals surface area contributed by atoms with E-state index in [1.54, 1.807) is 18.5 Å². The second-order valence-corrected chi connectivity index (χ2v) is 5.38. The first kappa shape index (κ1) is 14.8. The number of carbonyl (C=O) groups excluding carboxylic acids is 1. The quantitative estimate of drug-likeness (QED) is 0.889.